The minimum absolute atomic E-state index is 0. The van der Waals surface area contributed by atoms with Gasteiger partial charge in [-0.1, -0.05) is 33.8 Å². The van der Waals surface area contributed by atoms with Crippen molar-refractivity contribution in [1.82, 2.24) is 0 Å². The van der Waals surface area contributed by atoms with Gasteiger partial charge in [-0.3, -0.25) is 5.92 Å². The van der Waals surface area contributed by atoms with E-state index in [1.807, 2.05) is 0 Å². The van der Waals surface area contributed by atoms with Gasteiger partial charge in [0, 0.05) is 27.7 Å². The molecule has 0 atom stereocenters. The monoisotopic (exact) mass is 369 g/mol. The van der Waals surface area contributed by atoms with Gasteiger partial charge in [-0.15, -0.1) is 0 Å². The summed E-state index contributed by atoms with van der Waals surface area (Å²) >= 11 is 0. The second-order valence-corrected chi connectivity index (χ2v) is 5.28. The third kappa shape index (κ3) is 15.1. The van der Waals surface area contributed by atoms with Crippen molar-refractivity contribution < 1.29 is 25.8 Å². The topological polar surface area (TPSA) is 9.23 Å². The predicted octanol–water partition coefficient (Wildman–Crippen LogP) is 3.83. The van der Waals surface area contributed by atoms with Crippen molar-refractivity contribution in [3.63, 3.8) is 0 Å². The van der Waals surface area contributed by atoms with Crippen LogP contribution in [0.1, 0.15) is 53.9 Å². The molecule has 0 saturated heterocycles. The molecule has 0 spiro atoms. The Morgan fingerprint density at radius 2 is 1.64 bits per heavy atom. The third-order valence-corrected chi connectivity index (χ3v) is 1.86. The van der Waals surface area contributed by atoms with Crippen LogP contribution in [0.25, 0.3) is 0 Å². The number of hydrogen-bond acceptors (Lipinski definition) is 1. The maximum atomic E-state index is 5.47. The van der Waals surface area contributed by atoms with Gasteiger partial charge in [0.25, 0.3) is 0 Å². The molecule has 0 rings (SSSR count). The van der Waals surface area contributed by atoms with Crippen LogP contribution in [-0.4, -0.2) is 13.2 Å². The van der Waals surface area contributed by atoms with Gasteiger partial charge in [-0.25, -0.2) is 0 Å². The SMILES string of the molecule is C[C-](C)COCCCCC(C)(C)C.[W]. The van der Waals surface area contributed by atoms with E-state index in [0.29, 0.717) is 5.41 Å². The van der Waals surface area contributed by atoms with Gasteiger partial charge in [-0.05, 0) is 18.3 Å². The van der Waals surface area contributed by atoms with E-state index >= 15 is 0 Å². The van der Waals surface area contributed by atoms with Crippen LogP contribution < -0.4 is 0 Å². The smallest absolute Gasteiger partial charge is 0.0430 e. The van der Waals surface area contributed by atoms with Crippen LogP contribution in [0.5, 0.6) is 0 Å². The van der Waals surface area contributed by atoms with Gasteiger partial charge in [0.05, 0.1) is 0 Å². The minimum atomic E-state index is 0. The summed E-state index contributed by atoms with van der Waals surface area (Å²) in [6, 6.07) is 0. The molecule has 0 amide bonds. The zero-order valence-electron chi connectivity index (χ0n) is 10.4. The molecule has 0 N–H and O–H groups in total. The molecule has 14 heavy (non-hydrogen) atoms. The molecule has 0 aromatic rings. The Bertz CT molecular complexity index is 116. The quantitative estimate of drug-likeness (QED) is 0.511. The van der Waals surface area contributed by atoms with Gasteiger partial charge in [-0.2, -0.15) is 13.8 Å². The summed E-state index contributed by atoms with van der Waals surface area (Å²) in [6.07, 6.45) is 3.78. The Morgan fingerprint density at radius 1 is 1.07 bits per heavy atom. The van der Waals surface area contributed by atoms with Crippen LogP contribution in [0, 0.1) is 11.3 Å². The van der Waals surface area contributed by atoms with Crippen LogP contribution in [0.4, 0.5) is 0 Å². The largest absolute Gasteiger partial charge is 0.413 e. The van der Waals surface area contributed by atoms with Crippen LogP contribution in [0.3, 0.4) is 0 Å². The summed E-state index contributed by atoms with van der Waals surface area (Å²) < 4.78 is 5.47. The van der Waals surface area contributed by atoms with E-state index < -0.39 is 0 Å². The van der Waals surface area contributed by atoms with Crippen molar-refractivity contribution in [2.24, 2.45) is 5.41 Å². The average molecular weight is 369 g/mol. The summed E-state index contributed by atoms with van der Waals surface area (Å²) in [5, 5.41) is 0. The van der Waals surface area contributed by atoms with E-state index in [4.69, 9.17) is 4.74 Å². The van der Waals surface area contributed by atoms with Crippen LogP contribution in [0.15, 0.2) is 0 Å². The van der Waals surface area contributed by atoms with Crippen LogP contribution in [0.2, 0.25) is 0 Å². The van der Waals surface area contributed by atoms with Gasteiger partial charge >= 0.3 is 0 Å². The molecule has 2 heteroatoms. The number of unbranched alkanes of at least 4 members (excludes halogenated alkanes) is 1. The molecule has 0 aromatic heterocycles. The maximum absolute atomic E-state index is 5.47. The van der Waals surface area contributed by atoms with Gasteiger partial charge < -0.3 is 4.74 Å². The van der Waals surface area contributed by atoms with Crippen molar-refractivity contribution in [3.8, 4) is 0 Å². The molecule has 0 unspecified atom stereocenters. The first kappa shape index (κ1) is 17.1. The molecule has 0 aliphatic heterocycles. The molecule has 0 saturated carbocycles. The first-order chi connectivity index (χ1) is 5.92. The molecule has 0 aliphatic rings. The van der Waals surface area contributed by atoms with E-state index in [2.05, 4.69) is 34.6 Å². The Labute approximate surface area is 104 Å². The Balaban J connectivity index is 0. The Kier molecular flexibility index (Phi) is 10.9. The zero-order valence-corrected chi connectivity index (χ0v) is 13.3. The third-order valence-electron chi connectivity index (χ3n) is 1.86. The number of hydrogen-bond donors (Lipinski definition) is 0. The van der Waals surface area contributed by atoms with E-state index in [0.717, 1.165) is 13.2 Å². The average Bonchev–Trinajstić information content (AvgIpc) is 1.93. The molecule has 0 bridgehead atoms. The number of rotatable bonds is 6. The minimum Gasteiger partial charge on any atom is -0.413 e. The Morgan fingerprint density at radius 3 is 2.07 bits per heavy atom. The fraction of sp³-hybridized carbons (Fsp3) is 0.917. The fourth-order valence-electron chi connectivity index (χ4n) is 1.14. The fourth-order valence-corrected chi connectivity index (χ4v) is 1.14. The van der Waals surface area contributed by atoms with Crippen LogP contribution >= 0.6 is 0 Å². The second-order valence-electron chi connectivity index (χ2n) is 5.28. The van der Waals surface area contributed by atoms with E-state index in [9.17, 15) is 0 Å². The van der Waals surface area contributed by atoms with E-state index in [1.165, 1.54) is 25.2 Å². The normalized spacial score (nSPS) is 11.6. The molecule has 0 fully saturated rings. The summed E-state index contributed by atoms with van der Waals surface area (Å²) in [7, 11) is 0. The maximum Gasteiger partial charge on any atom is 0.0430 e. The van der Waals surface area contributed by atoms with Gasteiger partial charge in [0.1, 0.15) is 0 Å². The molecular formula is C12H25OW-. The predicted molar refractivity (Wildman–Crippen MR) is 58.7 cm³/mol. The molecule has 0 aliphatic carbocycles. The zero-order chi connectivity index (χ0) is 10.3. The van der Waals surface area contributed by atoms with E-state index in [1.54, 1.807) is 0 Å². The summed E-state index contributed by atoms with van der Waals surface area (Å²) in [5.41, 5.74) is 0.479. The summed E-state index contributed by atoms with van der Waals surface area (Å²) in [4.78, 5) is 0. The molecule has 0 heterocycles. The standard InChI is InChI=1S/C12H25O.W/c1-11(2)10-13-9-7-6-8-12(3,4)5;/h6-10H2,1-5H3;/q-1;. The van der Waals surface area contributed by atoms with Gasteiger partial charge in [0.2, 0.25) is 0 Å². The van der Waals surface area contributed by atoms with Crippen molar-refractivity contribution in [3.05, 3.63) is 5.92 Å². The van der Waals surface area contributed by atoms with Crippen molar-refractivity contribution in [2.75, 3.05) is 13.2 Å². The number of ether oxygens (including phenoxy) is 1. The first-order valence-electron chi connectivity index (χ1n) is 5.28. The molecule has 0 radical (unpaired) electrons. The van der Waals surface area contributed by atoms with Crippen molar-refractivity contribution >= 4 is 0 Å². The van der Waals surface area contributed by atoms with Crippen molar-refractivity contribution in [2.45, 2.75) is 53.9 Å². The molecular weight excluding hydrogens is 344 g/mol. The summed E-state index contributed by atoms with van der Waals surface area (Å²) in [5.74, 6) is 1.36. The van der Waals surface area contributed by atoms with Gasteiger partial charge in [0.15, 0.2) is 0 Å². The first-order valence-corrected chi connectivity index (χ1v) is 5.28. The van der Waals surface area contributed by atoms with E-state index in [-0.39, 0.29) is 21.1 Å². The summed E-state index contributed by atoms with van der Waals surface area (Å²) in [6.45, 7) is 12.8. The van der Waals surface area contributed by atoms with Crippen molar-refractivity contribution in [1.29, 1.82) is 0 Å². The molecule has 1 nitrogen and oxygen atoms in total. The Hall–Kier alpha value is 0.648. The molecule has 86 valence electrons. The molecule has 0 aromatic carbocycles. The second kappa shape index (κ2) is 8.92. The van der Waals surface area contributed by atoms with Crippen LogP contribution in [-0.2, 0) is 25.8 Å².